The minimum absolute atomic E-state index is 0.331. The lowest BCUT2D eigenvalue weighted by Gasteiger charge is -2.40. The fraction of sp³-hybridized carbons (Fsp3) is 0.571. The lowest BCUT2D eigenvalue weighted by molar-refractivity contribution is 0.130. The van der Waals surface area contributed by atoms with Gasteiger partial charge in [-0.1, -0.05) is 25.0 Å². The lowest BCUT2D eigenvalue weighted by Crippen LogP contribution is -2.49. The van der Waals surface area contributed by atoms with E-state index in [1.807, 2.05) is 10.6 Å². The lowest BCUT2D eigenvalue weighted by atomic mass is 9.78. The third-order valence-electron chi connectivity index (χ3n) is 8.67. The number of hydrogen-bond acceptors (Lipinski definition) is 5. The molecule has 6 heteroatoms. The molecular weight excluding hydrogens is 426 g/mol. The molecule has 1 saturated heterocycles. The summed E-state index contributed by atoms with van der Waals surface area (Å²) in [7, 11) is 0. The Hall–Kier alpha value is -2.60. The summed E-state index contributed by atoms with van der Waals surface area (Å²) in [5, 5.41) is 22.9. The fourth-order valence-electron chi connectivity index (χ4n) is 6.73. The molecule has 0 bridgehead atoms. The predicted octanol–water partition coefficient (Wildman–Crippen LogP) is 5.15. The van der Waals surface area contributed by atoms with Crippen LogP contribution in [0.2, 0.25) is 0 Å². The molecule has 2 N–H and O–H groups in total. The second-order valence-corrected chi connectivity index (χ2v) is 10.6. The van der Waals surface area contributed by atoms with Gasteiger partial charge in [0.05, 0.1) is 12.0 Å². The Bertz CT molecular complexity index is 1110. The molecule has 3 aliphatic rings. The van der Waals surface area contributed by atoms with Gasteiger partial charge in [0.25, 0.3) is 0 Å². The number of para-hydroxylation sites is 1. The van der Waals surface area contributed by atoms with Crippen molar-refractivity contribution in [3.8, 4) is 11.8 Å². The largest absolute Gasteiger partial charge is 0.494 e. The Kier molecular flexibility index (Phi) is 5.94. The van der Waals surface area contributed by atoms with E-state index in [0.29, 0.717) is 23.6 Å². The second-order valence-electron chi connectivity index (χ2n) is 10.6. The van der Waals surface area contributed by atoms with Crippen LogP contribution in [0.5, 0.6) is 11.8 Å². The molecule has 0 amide bonds. The molecule has 1 aliphatic heterocycles. The third-order valence-corrected chi connectivity index (χ3v) is 8.67. The first kappa shape index (κ1) is 21.9. The minimum Gasteiger partial charge on any atom is -0.494 e. The highest BCUT2D eigenvalue weighted by Gasteiger charge is 2.32. The van der Waals surface area contributed by atoms with E-state index < -0.39 is 0 Å². The summed E-state index contributed by atoms with van der Waals surface area (Å²) >= 11 is 0. The summed E-state index contributed by atoms with van der Waals surface area (Å²) in [5.41, 5.74) is 4.20. The zero-order valence-electron chi connectivity index (χ0n) is 20.1. The number of rotatable bonds is 5. The topological polar surface area (TPSA) is 65.0 Å². The van der Waals surface area contributed by atoms with Crippen molar-refractivity contribution in [1.29, 1.82) is 0 Å². The van der Waals surface area contributed by atoms with Crippen LogP contribution in [0, 0.1) is 11.8 Å². The van der Waals surface area contributed by atoms with Crippen LogP contribution in [-0.2, 0) is 19.4 Å². The van der Waals surface area contributed by atoms with Crippen LogP contribution in [0.15, 0.2) is 34.9 Å². The number of anilines is 1. The Labute approximate surface area is 201 Å². The Morgan fingerprint density at radius 3 is 2.18 bits per heavy atom. The molecule has 0 radical (unpaired) electrons. The number of fused-ring (bicyclic) bond motifs is 2. The van der Waals surface area contributed by atoms with Crippen molar-refractivity contribution in [2.75, 3.05) is 37.6 Å². The normalized spacial score (nSPS) is 23.9. The quantitative estimate of drug-likeness (QED) is 0.548. The number of aromatic hydroxyl groups is 2. The average Bonchev–Trinajstić information content (AvgIpc) is 3.45. The van der Waals surface area contributed by atoms with Gasteiger partial charge >= 0.3 is 0 Å². The van der Waals surface area contributed by atoms with E-state index in [1.54, 1.807) is 6.26 Å². The van der Waals surface area contributed by atoms with E-state index >= 15 is 0 Å². The Morgan fingerprint density at radius 2 is 1.47 bits per heavy atom. The number of benzene rings is 1. The summed E-state index contributed by atoms with van der Waals surface area (Å²) in [6.45, 7) is 6.03. The molecule has 182 valence electrons. The van der Waals surface area contributed by atoms with Crippen LogP contribution < -0.4 is 4.90 Å². The van der Waals surface area contributed by atoms with Crippen LogP contribution in [-0.4, -0.2) is 52.4 Å². The maximum atomic E-state index is 10.9. The summed E-state index contributed by atoms with van der Waals surface area (Å²) in [6, 6.07) is 8.44. The first-order chi connectivity index (χ1) is 16.7. The van der Waals surface area contributed by atoms with E-state index in [2.05, 4.69) is 28.0 Å². The molecule has 2 unspecified atom stereocenters. The van der Waals surface area contributed by atoms with E-state index in [4.69, 9.17) is 4.42 Å². The molecule has 1 aromatic carbocycles. The maximum Gasteiger partial charge on any atom is 0.197 e. The van der Waals surface area contributed by atoms with Gasteiger partial charge in [0, 0.05) is 55.8 Å². The molecule has 2 atom stereocenters. The first-order valence-corrected chi connectivity index (χ1v) is 13.2. The van der Waals surface area contributed by atoms with Crippen molar-refractivity contribution < 1.29 is 14.6 Å². The number of piperazine rings is 1. The van der Waals surface area contributed by atoms with Crippen LogP contribution in [0.1, 0.15) is 49.7 Å². The molecule has 6 nitrogen and oxygen atoms in total. The zero-order valence-corrected chi connectivity index (χ0v) is 20.1. The molecule has 1 saturated carbocycles. The third kappa shape index (κ3) is 3.96. The first-order valence-electron chi connectivity index (χ1n) is 13.2. The van der Waals surface area contributed by atoms with Gasteiger partial charge < -0.3 is 19.5 Å². The molecule has 6 rings (SSSR count). The van der Waals surface area contributed by atoms with Gasteiger partial charge in [-0.2, -0.15) is 0 Å². The standard InChI is InChI=1S/C28H37N3O3/c32-27-23-9-3-4-10-24(23)28(33)31(27)19-22-7-2-1-6-21(22)18-29-13-15-30(16-14-29)25-11-5-8-20-12-17-34-26(20)25/h5,8,11-12,17,21-22,32-33H,1-4,6-7,9-10,13-16,18-19H2. The molecule has 3 heterocycles. The van der Waals surface area contributed by atoms with E-state index in [1.165, 1.54) is 36.8 Å². The van der Waals surface area contributed by atoms with Gasteiger partial charge in [-0.3, -0.25) is 9.47 Å². The van der Waals surface area contributed by atoms with E-state index in [0.717, 1.165) is 81.7 Å². The highest BCUT2D eigenvalue weighted by atomic mass is 16.3. The van der Waals surface area contributed by atoms with Crippen LogP contribution >= 0.6 is 0 Å². The summed E-state index contributed by atoms with van der Waals surface area (Å²) in [5.74, 6) is 1.79. The van der Waals surface area contributed by atoms with Gasteiger partial charge in [0.15, 0.2) is 17.3 Å². The van der Waals surface area contributed by atoms with Crippen molar-refractivity contribution >= 4 is 16.7 Å². The van der Waals surface area contributed by atoms with Crippen molar-refractivity contribution in [3.63, 3.8) is 0 Å². The number of aromatic nitrogens is 1. The molecule has 2 aromatic heterocycles. The van der Waals surface area contributed by atoms with Crippen molar-refractivity contribution in [3.05, 3.63) is 41.7 Å². The van der Waals surface area contributed by atoms with E-state index in [9.17, 15) is 10.2 Å². The number of hydrogen-bond donors (Lipinski definition) is 2. The van der Waals surface area contributed by atoms with Crippen molar-refractivity contribution in [2.24, 2.45) is 11.8 Å². The summed E-state index contributed by atoms with van der Waals surface area (Å²) < 4.78 is 7.61. The number of furan rings is 1. The smallest absolute Gasteiger partial charge is 0.197 e. The molecule has 2 fully saturated rings. The molecule has 2 aliphatic carbocycles. The fourth-order valence-corrected chi connectivity index (χ4v) is 6.73. The Morgan fingerprint density at radius 1 is 0.794 bits per heavy atom. The summed E-state index contributed by atoms with van der Waals surface area (Å²) in [6.07, 6.45) is 10.8. The number of nitrogens with zero attached hydrogens (tertiary/aromatic N) is 3. The van der Waals surface area contributed by atoms with Gasteiger partial charge in [-0.05, 0) is 62.5 Å². The van der Waals surface area contributed by atoms with Gasteiger partial charge in [0.1, 0.15) is 0 Å². The molecule has 3 aromatic rings. The summed E-state index contributed by atoms with van der Waals surface area (Å²) in [4.78, 5) is 5.09. The van der Waals surface area contributed by atoms with E-state index in [-0.39, 0.29) is 0 Å². The zero-order chi connectivity index (χ0) is 23.1. The highest BCUT2D eigenvalue weighted by Crippen LogP contribution is 2.41. The van der Waals surface area contributed by atoms with Crippen LogP contribution in [0.3, 0.4) is 0 Å². The molecular formula is C28H37N3O3. The maximum absolute atomic E-state index is 10.9. The van der Waals surface area contributed by atoms with Crippen LogP contribution in [0.25, 0.3) is 11.0 Å². The predicted molar refractivity (Wildman–Crippen MR) is 135 cm³/mol. The van der Waals surface area contributed by atoms with Gasteiger partial charge in [-0.15, -0.1) is 0 Å². The average molecular weight is 464 g/mol. The van der Waals surface area contributed by atoms with Gasteiger partial charge in [0.2, 0.25) is 0 Å². The SMILES string of the molecule is Oc1c2c(c(O)n1CC1CCCCC1CN1CCN(c3cccc4ccoc34)CC1)CCCC2. The highest BCUT2D eigenvalue weighted by molar-refractivity contribution is 5.89. The Balaban J connectivity index is 1.11. The molecule has 0 spiro atoms. The monoisotopic (exact) mass is 463 g/mol. The molecule has 34 heavy (non-hydrogen) atoms. The van der Waals surface area contributed by atoms with Crippen molar-refractivity contribution in [1.82, 2.24) is 9.47 Å². The van der Waals surface area contributed by atoms with Crippen LogP contribution in [0.4, 0.5) is 5.69 Å². The minimum atomic E-state index is 0.331. The second kappa shape index (κ2) is 9.21. The van der Waals surface area contributed by atoms with Gasteiger partial charge in [-0.25, -0.2) is 0 Å². The van der Waals surface area contributed by atoms with Crippen molar-refractivity contribution in [2.45, 2.75) is 57.9 Å².